The minimum absolute atomic E-state index is 0.106. The van der Waals surface area contributed by atoms with Gasteiger partial charge in [0.1, 0.15) is 23.4 Å². The van der Waals surface area contributed by atoms with Gasteiger partial charge in [-0.2, -0.15) is 0 Å². The van der Waals surface area contributed by atoms with Crippen molar-refractivity contribution < 1.29 is 24.2 Å². The lowest BCUT2D eigenvalue weighted by Gasteiger charge is -2.35. The van der Waals surface area contributed by atoms with Gasteiger partial charge in [0.15, 0.2) is 0 Å². The summed E-state index contributed by atoms with van der Waals surface area (Å²) >= 11 is 0. The molecule has 40 heavy (non-hydrogen) atoms. The van der Waals surface area contributed by atoms with E-state index in [9.17, 15) is 19.5 Å². The summed E-state index contributed by atoms with van der Waals surface area (Å²) < 4.78 is 5.48. The third kappa shape index (κ3) is 10.2. The fraction of sp³-hybridized carbons (Fsp3) is 0.531. The number of phenolic OH excluding ortho intramolecular Hbond substituents is 1. The van der Waals surface area contributed by atoms with Gasteiger partial charge in [-0.05, 0) is 81.8 Å². The number of hydrogen-bond acceptors (Lipinski definition) is 5. The van der Waals surface area contributed by atoms with Crippen LogP contribution >= 0.6 is 0 Å². The number of benzene rings is 2. The second kappa shape index (κ2) is 15.3. The molecule has 0 bridgehead atoms. The van der Waals surface area contributed by atoms with E-state index >= 15 is 0 Å². The Hall–Kier alpha value is -3.55. The molecular weight excluding hydrogens is 506 g/mol. The van der Waals surface area contributed by atoms with E-state index in [4.69, 9.17) is 4.74 Å². The van der Waals surface area contributed by atoms with E-state index in [0.29, 0.717) is 19.5 Å². The van der Waals surface area contributed by atoms with E-state index in [-0.39, 0.29) is 24.0 Å². The van der Waals surface area contributed by atoms with Gasteiger partial charge in [-0.25, -0.2) is 4.79 Å². The van der Waals surface area contributed by atoms with Gasteiger partial charge in [0.05, 0.1) is 0 Å². The summed E-state index contributed by atoms with van der Waals surface area (Å²) in [7, 11) is 0. The van der Waals surface area contributed by atoms with Gasteiger partial charge in [-0.1, -0.05) is 57.0 Å². The average molecular weight is 554 g/mol. The molecule has 3 N–H and O–H groups in total. The van der Waals surface area contributed by atoms with Crippen LogP contribution in [0.2, 0.25) is 0 Å². The second-order valence-electron chi connectivity index (χ2n) is 11.3. The number of aromatic hydroxyl groups is 1. The predicted molar refractivity (Wildman–Crippen MR) is 158 cm³/mol. The zero-order valence-corrected chi connectivity index (χ0v) is 25.2. The van der Waals surface area contributed by atoms with Crippen LogP contribution in [0.1, 0.15) is 88.6 Å². The molecule has 0 saturated carbocycles. The number of carbonyl (C=O) groups excluding carboxylic acids is 3. The largest absolute Gasteiger partial charge is 0.508 e. The maximum absolute atomic E-state index is 14.3. The number of nitrogens with one attached hydrogen (secondary N) is 2. The molecule has 0 aliphatic carbocycles. The Kier molecular flexibility index (Phi) is 12.5. The first-order chi connectivity index (χ1) is 18.9. The van der Waals surface area contributed by atoms with Crippen LogP contribution in [-0.2, 0) is 20.7 Å². The van der Waals surface area contributed by atoms with Crippen LogP contribution in [0.15, 0.2) is 42.5 Å². The first-order valence-corrected chi connectivity index (χ1v) is 14.3. The molecule has 0 fully saturated rings. The molecule has 2 rings (SSSR count). The van der Waals surface area contributed by atoms with Crippen molar-refractivity contribution in [3.63, 3.8) is 0 Å². The van der Waals surface area contributed by atoms with Crippen LogP contribution in [-0.4, -0.2) is 52.6 Å². The summed E-state index contributed by atoms with van der Waals surface area (Å²) in [5, 5.41) is 15.5. The van der Waals surface area contributed by atoms with Gasteiger partial charge in [-0.3, -0.25) is 9.59 Å². The quantitative estimate of drug-likeness (QED) is 0.275. The van der Waals surface area contributed by atoms with Crippen molar-refractivity contribution in [2.75, 3.05) is 13.1 Å². The highest BCUT2D eigenvalue weighted by molar-refractivity contribution is 5.92. The van der Waals surface area contributed by atoms with Crippen LogP contribution in [0, 0.1) is 13.8 Å². The van der Waals surface area contributed by atoms with E-state index in [1.807, 2.05) is 39.0 Å². The van der Waals surface area contributed by atoms with Crippen molar-refractivity contribution in [2.24, 2.45) is 0 Å². The fourth-order valence-corrected chi connectivity index (χ4v) is 4.31. The highest BCUT2D eigenvalue weighted by Gasteiger charge is 2.36. The SMILES string of the molecule is CCCCNC(=O)C(c1ccc(C)c(C)c1)N(CCCC)C(=O)C(Cc1ccc(O)cc1)NC(=O)OC(C)(C)C. The Morgan fingerprint density at radius 2 is 1.60 bits per heavy atom. The molecule has 0 aromatic heterocycles. The maximum atomic E-state index is 14.3. The lowest BCUT2D eigenvalue weighted by atomic mass is 9.97. The lowest BCUT2D eigenvalue weighted by molar-refractivity contribution is -0.142. The molecule has 8 heteroatoms. The summed E-state index contributed by atoms with van der Waals surface area (Å²) in [6.07, 6.45) is 2.73. The Labute approximate surface area is 239 Å². The van der Waals surface area contributed by atoms with Crippen molar-refractivity contribution >= 4 is 17.9 Å². The number of unbranched alkanes of at least 4 members (excludes halogenated alkanes) is 2. The number of rotatable bonds is 13. The van der Waals surface area contributed by atoms with Crippen molar-refractivity contribution in [2.45, 2.75) is 98.3 Å². The fourth-order valence-electron chi connectivity index (χ4n) is 4.31. The highest BCUT2D eigenvalue weighted by atomic mass is 16.6. The van der Waals surface area contributed by atoms with Crippen molar-refractivity contribution in [1.29, 1.82) is 0 Å². The first kappa shape index (κ1) is 32.7. The zero-order valence-electron chi connectivity index (χ0n) is 25.2. The summed E-state index contributed by atoms with van der Waals surface area (Å²) in [5.41, 5.74) is 2.84. The highest BCUT2D eigenvalue weighted by Crippen LogP contribution is 2.26. The second-order valence-corrected chi connectivity index (χ2v) is 11.3. The maximum Gasteiger partial charge on any atom is 0.408 e. The van der Waals surface area contributed by atoms with Crippen LogP contribution in [0.5, 0.6) is 5.75 Å². The topological polar surface area (TPSA) is 108 Å². The summed E-state index contributed by atoms with van der Waals surface area (Å²) in [6, 6.07) is 10.5. The molecule has 0 aliphatic heterocycles. The normalized spacial score (nSPS) is 12.8. The van der Waals surface area contributed by atoms with Crippen molar-refractivity contribution in [1.82, 2.24) is 15.5 Å². The molecule has 0 radical (unpaired) electrons. The zero-order chi connectivity index (χ0) is 29.9. The molecule has 2 aromatic carbocycles. The third-order valence-corrected chi connectivity index (χ3v) is 6.64. The van der Waals surface area contributed by atoms with E-state index in [1.165, 1.54) is 12.1 Å². The predicted octanol–water partition coefficient (Wildman–Crippen LogP) is 5.73. The van der Waals surface area contributed by atoms with Gasteiger partial charge in [0, 0.05) is 19.5 Å². The van der Waals surface area contributed by atoms with Crippen molar-refractivity contribution in [3.8, 4) is 5.75 Å². The first-order valence-electron chi connectivity index (χ1n) is 14.3. The Morgan fingerprint density at radius 1 is 0.950 bits per heavy atom. The molecule has 2 aromatic rings. The van der Waals surface area contributed by atoms with Gasteiger partial charge in [-0.15, -0.1) is 0 Å². The number of carbonyl (C=O) groups is 3. The molecule has 0 aliphatic rings. The molecule has 220 valence electrons. The molecular formula is C32H47N3O5. The molecule has 0 saturated heterocycles. The number of phenols is 1. The van der Waals surface area contributed by atoms with Gasteiger partial charge >= 0.3 is 6.09 Å². The van der Waals surface area contributed by atoms with E-state index in [1.54, 1.807) is 37.8 Å². The van der Waals surface area contributed by atoms with Gasteiger partial charge in [0.2, 0.25) is 11.8 Å². The van der Waals surface area contributed by atoms with Crippen LogP contribution in [0.4, 0.5) is 4.79 Å². The third-order valence-electron chi connectivity index (χ3n) is 6.64. The molecule has 8 nitrogen and oxygen atoms in total. The summed E-state index contributed by atoms with van der Waals surface area (Å²) in [5.74, 6) is -0.516. The number of aryl methyl sites for hydroxylation is 2. The molecule has 2 atom stereocenters. The Morgan fingerprint density at radius 3 is 2.17 bits per heavy atom. The van der Waals surface area contributed by atoms with Gasteiger partial charge in [0.25, 0.3) is 0 Å². The summed E-state index contributed by atoms with van der Waals surface area (Å²) in [4.78, 5) is 42.5. The van der Waals surface area contributed by atoms with Crippen LogP contribution in [0.3, 0.4) is 0 Å². The number of alkyl carbamates (subject to hydrolysis) is 1. The number of nitrogens with zero attached hydrogens (tertiary/aromatic N) is 1. The number of amides is 3. The van der Waals surface area contributed by atoms with Crippen molar-refractivity contribution in [3.05, 3.63) is 64.7 Å². The average Bonchev–Trinajstić information content (AvgIpc) is 2.87. The Bertz CT molecular complexity index is 1120. The lowest BCUT2D eigenvalue weighted by Crippen LogP contribution is -2.54. The molecule has 3 amide bonds. The number of hydrogen-bond donors (Lipinski definition) is 3. The Balaban J connectivity index is 2.55. The van der Waals surface area contributed by atoms with E-state index in [0.717, 1.165) is 41.5 Å². The smallest absolute Gasteiger partial charge is 0.408 e. The molecule has 0 spiro atoms. The minimum Gasteiger partial charge on any atom is -0.508 e. The molecule has 2 unspecified atom stereocenters. The minimum atomic E-state index is -0.992. The van der Waals surface area contributed by atoms with Gasteiger partial charge < -0.3 is 25.4 Å². The summed E-state index contributed by atoms with van der Waals surface area (Å²) in [6.45, 7) is 14.2. The van der Waals surface area contributed by atoms with E-state index in [2.05, 4.69) is 17.6 Å². The number of ether oxygens (including phenoxy) is 1. The molecule has 0 heterocycles. The monoisotopic (exact) mass is 553 g/mol. The van der Waals surface area contributed by atoms with E-state index < -0.39 is 23.8 Å². The van der Waals surface area contributed by atoms with Crippen LogP contribution in [0.25, 0.3) is 0 Å². The standard InChI is InChI=1S/C32H47N3O5/c1-8-10-18-33-29(37)28(25-15-12-22(3)23(4)20-25)35(19-11-9-2)30(38)27(34-31(39)40-32(5,6)7)21-24-13-16-26(36)17-14-24/h12-17,20,27-28,36H,8-11,18-19,21H2,1-7H3,(H,33,37)(H,34,39). The van der Waals surface area contributed by atoms with Crippen LogP contribution < -0.4 is 10.6 Å².